The smallest absolute Gasteiger partial charge is 0.0302 e. The molecule has 2 nitrogen and oxygen atoms in total. The summed E-state index contributed by atoms with van der Waals surface area (Å²) in [4.78, 5) is 4.23. The van der Waals surface area contributed by atoms with E-state index in [2.05, 4.69) is 29.4 Å². The van der Waals surface area contributed by atoms with Crippen LogP contribution in [0.5, 0.6) is 0 Å². The largest absolute Gasteiger partial charge is 0.317 e. The van der Waals surface area contributed by atoms with Crippen LogP contribution in [-0.2, 0) is 0 Å². The summed E-state index contributed by atoms with van der Waals surface area (Å²) in [7, 11) is 0. The molecule has 1 aliphatic heterocycles. The molecule has 0 amide bonds. The zero-order chi connectivity index (χ0) is 10.5. The molecule has 0 radical (unpaired) electrons. The van der Waals surface area contributed by atoms with Crippen LogP contribution in [0.2, 0.25) is 0 Å². The molecule has 2 rings (SSSR count). The fraction of sp³-hybridized carbons (Fsp3) is 0.615. The Balaban J connectivity index is 2.09. The van der Waals surface area contributed by atoms with Gasteiger partial charge in [-0.1, -0.05) is 13.0 Å². The maximum atomic E-state index is 4.23. The van der Waals surface area contributed by atoms with Crippen LogP contribution >= 0.6 is 0 Å². The van der Waals surface area contributed by atoms with Crippen LogP contribution < -0.4 is 5.32 Å². The van der Waals surface area contributed by atoms with Gasteiger partial charge in [0.2, 0.25) is 0 Å². The second-order valence-corrected chi connectivity index (χ2v) is 4.39. The number of nitrogens with one attached hydrogen (secondary N) is 1. The lowest BCUT2D eigenvalue weighted by Gasteiger charge is -2.30. The van der Waals surface area contributed by atoms with Crippen molar-refractivity contribution in [2.24, 2.45) is 5.92 Å². The van der Waals surface area contributed by atoms with Crippen molar-refractivity contribution in [3.63, 3.8) is 0 Å². The van der Waals surface area contributed by atoms with Crippen molar-refractivity contribution < 1.29 is 0 Å². The third-order valence-electron chi connectivity index (χ3n) is 3.51. The first kappa shape index (κ1) is 10.6. The number of nitrogens with zero attached hydrogens (tertiary/aromatic N) is 1. The molecule has 2 heterocycles. The van der Waals surface area contributed by atoms with Gasteiger partial charge >= 0.3 is 0 Å². The molecular weight excluding hydrogens is 184 g/mol. The summed E-state index contributed by atoms with van der Waals surface area (Å²) in [6, 6.07) is 4.28. The van der Waals surface area contributed by atoms with Crippen LogP contribution in [0.1, 0.15) is 37.7 Å². The van der Waals surface area contributed by atoms with Crippen LogP contribution in [-0.4, -0.2) is 18.1 Å². The highest BCUT2D eigenvalue weighted by atomic mass is 14.9. The Morgan fingerprint density at radius 1 is 1.47 bits per heavy atom. The first-order chi connectivity index (χ1) is 7.42. The molecule has 0 aromatic carbocycles. The number of hydrogen-bond acceptors (Lipinski definition) is 2. The van der Waals surface area contributed by atoms with Crippen molar-refractivity contribution >= 4 is 0 Å². The standard InChI is InChI=1S/C13H20N2/c1-2-13(11-5-8-14-9-6-11)12-4-3-7-15-10-12/h3-4,7,10-11,13-14H,2,5-6,8-9H2,1H3. The molecule has 1 aromatic heterocycles. The van der Waals surface area contributed by atoms with Crippen molar-refractivity contribution in [1.29, 1.82) is 0 Å². The molecule has 0 bridgehead atoms. The van der Waals surface area contributed by atoms with Gasteiger partial charge in [-0.3, -0.25) is 4.98 Å². The molecule has 1 aliphatic rings. The lowest BCUT2D eigenvalue weighted by molar-refractivity contribution is 0.312. The summed E-state index contributed by atoms with van der Waals surface area (Å²) in [6.45, 7) is 4.66. The molecule has 2 heteroatoms. The zero-order valence-electron chi connectivity index (χ0n) is 9.45. The average molecular weight is 204 g/mol. The maximum absolute atomic E-state index is 4.23. The highest BCUT2D eigenvalue weighted by Crippen LogP contribution is 2.32. The maximum Gasteiger partial charge on any atom is 0.0302 e. The summed E-state index contributed by atoms with van der Waals surface area (Å²) in [5, 5.41) is 3.43. The Kier molecular flexibility index (Phi) is 3.73. The van der Waals surface area contributed by atoms with E-state index in [0.29, 0.717) is 5.92 Å². The van der Waals surface area contributed by atoms with E-state index >= 15 is 0 Å². The Bertz CT molecular complexity index is 278. The molecule has 0 spiro atoms. The van der Waals surface area contributed by atoms with Gasteiger partial charge < -0.3 is 5.32 Å². The van der Waals surface area contributed by atoms with E-state index in [9.17, 15) is 0 Å². The molecule has 1 unspecified atom stereocenters. The minimum absolute atomic E-state index is 0.709. The van der Waals surface area contributed by atoms with Crippen molar-refractivity contribution in [1.82, 2.24) is 10.3 Å². The summed E-state index contributed by atoms with van der Waals surface area (Å²) < 4.78 is 0. The molecule has 1 saturated heterocycles. The second kappa shape index (κ2) is 5.26. The van der Waals surface area contributed by atoms with Gasteiger partial charge in [0.15, 0.2) is 0 Å². The normalized spacial score (nSPS) is 20.1. The molecule has 1 aromatic rings. The lowest BCUT2D eigenvalue weighted by Crippen LogP contribution is -2.30. The monoisotopic (exact) mass is 204 g/mol. The average Bonchev–Trinajstić information content (AvgIpc) is 2.33. The molecule has 1 fully saturated rings. The summed E-state index contributed by atoms with van der Waals surface area (Å²) in [5.41, 5.74) is 1.42. The number of hydrogen-bond donors (Lipinski definition) is 1. The van der Waals surface area contributed by atoms with Crippen LogP contribution in [0.25, 0.3) is 0 Å². The first-order valence-corrected chi connectivity index (χ1v) is 6.02. The number of piperidine rings is 1. The molecule has 0 aliphatic carbocycles. The van der Waals surface area contributed by atoms with E-state index in [0.717, 1.165) is 5.92 Å². The Morgan fingerprint density at radius 3 is 2.87 bits per heavy atom. The number of rotatable bonds is 3. The SMILES string of the molecule is CCC(c1cccnc1)C1CCNCC1. The van der Waals surface area contributed by atoms with Gasteiger partial charge in [0.1, 0.15) is 0 Å². The topological polar surface area (TPSA) is 24.9 Å². The highest BCUT2D eigenvalue weighted by molar-refractivity contribution is 5.15. The fourth-order valence-corrected chi connectivity index (χ4v) is 2.68. The lowest BCUT2D eigenvalue weighted by atomic mass is 9.79. The molecule has 0 saturated carbocycles. The van der Waals surface area contributed by atoms with E-state index in [1.165, 1.54) is 37.9 Å². The third kappa shape index (κ3) is 2.57. The Labute approximate surface area is 92.1 Å². The van der Waals surface area contributed by atoms with Crippen LogP contribution in [0, 0.1) is 5.92 Å². The van der Waals surface area contributed by atoms with Gasteiger partial charge in [0.05, 0.1) is 0 Å². The molecule has 1 atom stereocenters. The van der Waals surface area contributed by atoms with Gasteiger partial charge in [0.25, 0.3) is 0 Å². The third-order valence-corrected chi connectivity index (χ3v) is 3.51. The van der Waals surface area contributed by atoms with Crippen molar-refractivity contribution in [2.45, 2.75) is 32.1 Å². The Hall–Kier alpha value is -0.890. The molecular formula is C13H20N2. The second-order valence-electron chi connectivity index (χ2n) is 4.39. The molecule has 1 N–H and O–H groups in total. The predicted octanol–water partition coefficient (Wildman–Crippen LogP) is 2.57. The zero-order valence-corrected chi connectivity index (χ0v) is 9.45. The van der Waals surface area contributed by atoms with Crippen LogP contribution in [0.15, 0.2) is 24.5 Å². The van der Waals surface area contributed by atoms with Gasteiger partial charge in [-0.2, -0.15) is 0 Å². The van der Waals surface area contributed by atoms with Gasteiger partial charge in [0, 0.05) is 12.4 Å². The fourth-order valence-electron chi connectivity index (χ4n) is 2.68. The summed E-state index contributed by atoms with van der Waals surface area (Å²) in [6.07, 6.45) is 7.76. The number of aromatic nitrogens is 1. The molecule has 15 heavy (non-hydrogen) atoms. The predicted molar refractivity (Wildman–Crippen MR) is 62.9 cm³/mol. The quantitative estimate of drug-likeness (QED) is 0.818. The van der Waals surface area contributed by atoms with Crippen molar-refractivity contribution in [3.05, 3.63) is 30.1 Å². The van der Waals surface area contributed by atoms with Crippen molar-refractivity contribution in [2.75, 3.05) is 13.1 Å². The van der Waals surface area contributed by atoms with E-state index < -0.39 is 0 Å². The highest BCUT2D eigenvalue weighted by Gasteiger charge is 2.23. The number of pyridine rings is 1. The molecule has 82 valence electrons. The summed E-state index contributed by atoms with van der Waals surface area (Å²) >= 11 is 0. The van der Waals surface area contributed by atoms with Crippen molar-refractivity contribution in [3.8, 4) is 0 Å². The van der Waals surface area contributed by atoms with E-state index in [-0.39, 0.29) is 0 Å². The Morgan fingerprint density at radius 2 is 2.27 bits per heavy atom. The van der Waals surface area contributed by atoms with Gasteiger partial charge in [-0.15, -0.1) is 0 Å². The summed E-state index contributed by atoms with van der Waals surface area (Å²) in [5.74, 6) is 1.56. The van der Waals surface area contributed by atoms with E-state index in [1.807, 2.05) is 12.4 Å². The van der Waals surface area contributed by atoms with Gasteiger partial charge in [-0.25, -0.2) is 0 Å². The van der Waals surface area contributed by atoms with E-state index in [4.69, 9.17) is 0 Å². The minimum atomic E-state index is 0.709. The van der Waals surface area contributed by atoms with Crippen LogP contribution in [0.4, 0.5) is 0 Å². The van der Waals surface area contributed by atoms with Gasteiger partial charge in [-0.05, 0) is 55.8 Å². The first-order valence-electron chi connectivity index (χ1n) is 6.02. The van der Waals surface area contributed by atoms with Crippen LogP contribution in [0.3, 0.4) is 0 Å². The minimum Gasteiger partial charge on any atom is -0.317 e. The van der Waals surface area contributed by atoms with E-state index in [1.54, 1.807) is 0 Å².